The van der Waals surface area contributed by atoms with Gasteiger partial charge in [0.1, 0.15) is 12.1 Å². The van der Waals surface area contributed by atoms with Crippen molar-refractivity contribution in [2.45, 2.75) is 50.5 Å². The maximum Gasteiger partial charge on any atom is 0.229 e. The molecular formula is C17H24N6O. The number of nitrogens with zero attached hydrogens (tertiary/aromatic N) is 5. The summed E-state index contributed by atoms with van der Waals surface area (Å²) in [6.45, 7) is 2.79. The second-order valence-electron chi connectivity index (χ2n) is 6.94. The molecule has 3 heterocycles. The van der Waals surface area contributed by atoms with E-state index < -0.39 is 0 Å². The normalized spacial score (nSPS) is 20.0. The second kappa shape index (κ2) is 6.84. The van der Waals surface area contributed by atoms with E-state index in [-0.39, 0.29) is 0 Å². The van der Waals surface area contributed by atoms with Crippen molar-refractivity contribution in [3.8, 4) is 0 Å². The Morgan fingerprint density at radius 2 is 2.00 bits per heavy atom. The summed E-state index contributed by atoms with van der Waals surface area (Å²) in [6.07, 6.45) is 7.56. The lowest BCUT2D eigenvalue weighted by Gasteiger charge is -2.28. The van der Waals surface area contributed by atoms with Crippen molar-refractivity contribution in [1.29, 1.82) is 0 Å². The highest BCUT2D eigenvalue weighted by atomic mass is 16.5. The Morgan fingerprint density at radius 1 is 1.17 bits per heavy atom. The van der Waals surface area contributed by atoms with Gasteiger partial charge in [-0.05, 0) is 45.8 Å². The summed E-state index contributed by atoms with van der Waals surface area (Å²) in [5.74, 6) is 3.31. The highest BCUT2D eigenvalue weighted by Crippen LogP contribution is 2.35. The van der Waals surface area contributed by atoms with Gasteiger partial charge in [-0.25, -0.2) is 9.97 Å². The number of aromatic nitrogens is 4. The molecule has 24 heavy (non-hydrogen) atoms. The average molecular weight is 328 g/mol. The molecule has 7 heteroatoms. The smallest absolute Gasteiger partial charge is 0.229 e. The summed E-state index contributed by atoms with van der Waals surface area (Å²) in [5, 5.41) is 7.35. The molecule has 1 aliphatic carbocycles. The molecule has 7 nitrogen and oxygen atoms in total. The van der Waals surface area contributed by atoms with Crippen molar-refractivity contribution in [2.75, 3.05) is 25.5 Å². The van der Waals surface area contributed by atoms with Gasteiger partial charge in [0, 0.05) is 23.6 Å². The van der Waals surface area contributed by atoms with E-state index in [0.29, 0.717) is 24.2 Å². The molecule has 4 rings (SSSR count). The van der Waals surface area contributed by atoms with Gasteiger partial charge >= 0.3 is 0 Å². The maximum atomic E-state index is 5.35. The highest BCUT2D eigenvalue weighted by molar-refractivity contribution is 5.36. The zero-order chi connectivity index (χ0) is 16.4. The van der Waals surface area contributed by atoms with Crippen molar-refractivity contribution in [1.82, 2.24) is 25.0 Å². The topological polar surface area (TPSA) is 80.0 Å². The van der Waals surface area contributed by atoms with Crippen LogP contribution in [0, 0.1) is 0 Å². The van der Waals surface area contributed by atoms with Gasteiger partial charge in [0.25, 0.3) is 0 Å². The van der Waals surface area contributed by atoms with Crippen LogP contribution in [0.4, 0.5) is 5.82 Å². The average Bonchev–Trinajstić information content (AvgIpc) is 3.01. The van der Waals surface area contributed by atoms with E-state index >= 15 is 0 Å². The van der Waals surface area contributed by atoms with Gasteiger partial charge in [0.2, 0.25) is 5.89 Å². The van der Waals surface area contributed by atoms with Crippen LogP contribution < -0.4 is 5.32 Å². The third-order valence-electron chi connectivity index (χ3n) is 5.19. The molecule has 1 aliphatic heterocycles. The first-order valence-electron chi connectivity index (χ1n) is 8.85. The Hall–Kier alpha value is -2.02. The van der Waals surface area contributed by atoms with Crippen LogP contribution in [0.5, 0.6) is 0 Å². The number of nitrogens with one attached hydrogen (secondary N) is 1. The number of hydrogen-bond donors (Lipinski definition) is 1. The fourth-order valence-electron chi connectivity index (χ4n) is 3.33. The Kier molecular flexibility index (Phi) is 4.42. The Morgan fingerprint density at radius 3 is 2.75 bits per heavy atom. The van der Waals surface area contributed by atoms with Crippen LogP contribution in [0.1, 0.15) is 61.3 Å². The predicted octanol–water partition coefficient (Wildman–Crippen LogP) is 2.55. The lowest BCUT2D eigenvalue weighted by Crippen LogP contribution is -2.29. The molecule has 2 aromatic heterocycles. The summed E-state index contributed by atoms with van der Waals surface area (Å²) in [5.41, 5.74) is 1.13. The van der Waals surface area contributed by atoms with Crippen LogP contribution in [0.15, 0.2) is 16.9 Å². The first kappa shape index (κ1) is 15.5. The minimum absolute atomic E-state index is 0.473. The van der Waals surface area contributed by atoms with Crippen molar-refractivity contribution in [2.24, 2.45) is 0 Å². The number of hydrogen-bond acceptors (Lipinski definition) is 7. The first-order chi connectivity index (χ1) is 11.8. The van der Waals surface area contributed by atoms with Crippen LogP contribution in [0.3, 0.4) is 0 Å². The van der Waals surface area contributed by atoms with E-state index in [0.717, 1.165) is 43.3 Å². The van der Waals surface area contributed by atoms with E-state index in [4.69, 9.17) is 4.52 Å². The lowest BCUT2D eigenvalue weighted by molar-refractivity contribution is 0.253. The molecule has 2 aliphatic rings. The van der Waals surface area contributed by atoms with Gasteiger partial charge in [0.05, 0.1) is 6.54 Å². The summed E-state index contributed by atoms with van der Waals surface area (Å²) in [4.78, 5) is 15.6. The quantitative estimate of drug-likeness (QED) is 0.903. The number of rotatable bonds is 5. The zero-order valence-corrected chi connectivity index (χ0v) is 14.1. The van der Waals surface area contributed by atoms with Crippen molar-refractivity contribution in [3.63, 3.8) is 0 Å². The van der Waals surface area contributed by atoms with E-state index in [9.17, 15) is 0 Å². The van der Waals surface area contributed by atoms with Crippen LogP contribution in [0.25, 0.3) is 0 Å². The third-order valence-corrected chi connectivity index (χ3v) is 5.19. The van der Waals surface area contributed by atoms with Crippen LogP contribution in [-0.4, -0.2) is 45.1 Å². The summed E-state index contributed by atoms with van der Waals surface area (Å²) >= 11 is 0. The fraction of sp³-hybridized carbons (Fsp3) is 0.647. The van der Waals surface area contributed by atoms with Gasteiger partial charge in [-0.15, -0.1) is 0 Å². The minimum atomic E-state index is 0.473. The van der Waals surface area contributed by atoms with E-state index in [1.165, 1.54) is 19.3 Å². The molecule has 0 unspecified atom stereocenters. The predicted molar refractivity (Wildman–Crippen MR) is 89.7 cm³/mol. The SMILES string of the molecule is CN1CCC(c2cc(NCc3noc(C4CCC4)n3)ncn2)CC1. The molecule has 1 saturated heterocycles. The number of likely N-dealkylation sites (tertiary alicyclic amines) is 1. The van der Waals surface area contributed by atoms with E-state index in [1.54, 1.807) is 6.33 Å². The summed E-state index contributed by atoms with van der Waals surface area (Å²) in [7, 11) is 2.17. The minimum Gasteiger partial charge on any atom is -0.363 e. The molecule has 0 radical (unpaired) electrons. The molecule has 0 amide bonds. The van der Waals surface area contributed by atoms with Gasteiger partial charge in [-0.2, -0.15) is 4.98 Å². The largest absolute Gasteiger partial charge is 0.363 e. The number of anilines is 1. The van der Waals surface area contributed by atoms with Crippen LogP contribution in [-0.2, 0) is 6.54 Å². The monoisotopic (exact) mass is 328 g/mol. The Bertz CT molecular complexity index is 675. The molecule has 0 atom stereocenters. The second-order valence-corrected chi connectivity index (χ2v) is 6.94. The lowest BCUT2D eigenvalue weighted by atomic mass is 9.85. The molecule has 2 aromatic rings. The summed E-state index contributed by atoms with van der Waals surface area (Å²) in [6, 6.07) is 2.06. The van der Waals surface area contributed by atoms with Crippen molar-refractivity contribution < 1.29 is 4.52 Å². The summed E-state index contributed by atoms with van der Waals surface area (Å²) < 4.78 is 5.35. The van der Waals surface area contributed by atoms with Gasteiger partial charge in [-0.3, -0.25) is 0 Å². The molecule has 128 valence electrons. The molecule has 0 bridgehead atoms. The Balaban J connectivity index is 1.36. The van der Waals surface area contributed by atoms with Crippen LogP contribution >= 0.6 is 0 Å². The first-order valence-corrected chi connectivity index (χ1v) is 8.85. The van der Waals surface area contributed by atoms with Gasteiger partial charge in [-0.1, -0.05) is 11.6 Å². The van der Waals surface area contributed by atoms with Gasteiger partial charge in [0.15, 0.2) is 5.82 Å². The van der Waals surface area contributed by atoms with Crippen molar-refractivity contribution >= 4 is 5.82 Å². The Labute approximate surface area is 141 Å². The fourth-order valence-corrected chi connectivity index (χ4v) is 3.33. The molecular weight excluding hydrogens is 304 g/mol. The third kappa shape index (κ3) is 3.40. The standard InChI is InChI=1S/C17H24N6O/c1-23-7-5-12(6-8-23)14-9-15(20-11-19-14)18-10-16-21-17(24-22-16)13-3-2-4-13/h9,11-13H,2-8,10H2,1H3,(H,18,19,20). The zero-order valence-electron chi connectivity index (χ0n) is 14.1. The van der Waals surface area contributed by atoms with Gasteiger partial charge < -0.3 is 14.7 Å². The number of piperidine rings is 1. The highest BCUT2D eigenvalue weighted by Gasteiger charge is 2.25. The molecule has 2 fully saturated rings. The van der Waals surface area contributed by atoms with E-state index in [2.05, 4.69) is 43.4 Å². The molecule has 1 N–H and O–H groups in total. The van der Waals surface area contributed by atoms with Crippen molar-refractivity contribution in [3.05, 3.63) is 29.8 Å². The molecule has 0 aromatic carbocycles. The molecule has 1 saturated carbocycles. The molecule has 0 spiro atoms. The van der Waals surface area contributed by atoms with E-state index in [1.807, 2.05) is 0 Å². The maximum absolute atomic E-state index is 5.35. The van der Waals surface area contributed by atoms with Crippen LogP contribution in [0.2, 0.25) is 0 Å².